The number of nitrogens with zero attached hydrogens (tertiary/aromatic N) is 4. The van der Waals surface area contributed by atoms with Gasteiger partial charge in [0.2, 0.25) is 0 Å². The van der Waals surface area contributed by atoms with Crippen LogP contribution in [0, 0.1) is 24.2 Å². The first-order chi connectivity index (χ1) is 18.8. The van der Waals surface area contributed by atoms with Crippen LogP contribution in [0.3, 0.4) is 0 Å². The van der Waals surface area contributed by atoms with E-state index in [-0.39, 0.29) is 28.9 Å². The number of piperidine rings is 1. The third kappa shape index (κ3) is 5.94. The Kier molecular flexibility index (Phi) is 9.25. The fourth-order valence-electron chi connectivity index (χ4n) is 5.11. The molecule has 0 N–H and O–H groups in total. The first kappa shape index (κ1) is 28.6. The summed E-state index contributed by atoms with van der Waals surface area (Å²) in [7, 11) is 0. The van der Waals surface area contributed by atoms with Crippen LogP contribution in [0.25, 0.3) is 6.08 Å². The number of carbonyl (C=O) groups is 2. The fraction of sp³-hybridized carbons (Fsp3) is 0.414. The largest absolute Gasteiger partial charge is 0.466 e. The number of aromatic nitrogens is 1. The normalized spacial score (nSPS) is 18.5. The molecule has 1 aromatic carbocycles. The summed E-state index contributed by atoms with van der Waals surface area (Å²) in [6.45, 7) is 7.50. The molecule has 10 heteroatoms. The van der Waals surface area contributed by atoms with Gasteiger partial charge in [0.05, 0.1) is 17.4 Å². The summed E-state index contributed by atoms with van der Waals surface area (Å²) in [6.07, 6.45) is 3.89. The molecule has 2 aliphatic heterocycles. The predicted molar refractivity (Wildman–Crippen MR) is 157 cm³/mol. The van der Waals surface area contributed by atoms with Crippen LogP contribution in [-0.2, 0) is 27.3 Å². The van der Waals surface area contributed by atoms with E-state index in [2.05, 4.69) is 6.07 Å². The average Bonchev–Trinajstić information content (AvgIpc) is 3.21. The van der Waals surface area contributed by atoms with E-state index in [4.69, 9.17) is 17.0 Å². The quantitative estimate of drug-likeness (QED) is 0.267. The number of pyridine rings is 1. The van der Waals surface area contributed by atoms with Crippen molar-refractivity contribution in [3.8, 4) is 6.07 Å². The van der Waals surface area contributed by atoms with E-state index >= 15 is 0 Å². The lowest BCUT2D eigenvalue weighted by Gasteiger charge is -2.36. The summed E-state index contributed by atoms with van der Waals surface area (Å²) < 4.78 is 7.33. The Labute approximate surface area is 238 Å². The van der Waals surface area contributed by atoms with Gasteiger partial charge < -0.3 is 9.64 Å². The minimum atomic E-state index is -0.377. The number of ether oxygens (including phenoxy) is 1. The SMILES string of the molecule is CCOC(=O)C1CCCN(c2c(C=C3SC(=S)N(CCc4ccccc4)C3=O)c(C)c(C#N)c(=O)n2CC)C1. The first-order valence-electron chi connectivity index (χ1n) is 13.2. The van der Waals surface area contributed by atoms with Crippen molar-refractivity contribution in [3.63, 3.8) is 0 Å². The number of benzene rings is 1. The van der Waals surface area contributed by atoms with Crippen LogP contribution >= 0.6 is 24.0 Å². The number of thioether (sulfide) groups is 1. The van der Waals surface area contributed by atoms with Gasteiger partial charge in [-0.05, 0) is 57.2 Å². The Morgan fingerprint density at radius 3 is 2.67 bits per heavy atom. The maximum Gasteiger partial charge on any atom is 0.310 e. The summed E-state index contributed by atoms with van der Waals surface area (Å²) in [4.78, 5) is 43.4. The molecule has 0 bridgehead atoms. The second kappa shape index (κ2) is 12.6. The van der Waals surface area contributed by atoms with Gasteiger partial charge in [-0.1, -0.05) is 54.3 Å². The minimum Gasteiger partial charge on any atom is -0.466 e. The van der Waals surface area contributed by atoms with Gasteiger partial charge in [-0.15, -0.1) is 0 Å². The van der Waals surface area contributed by atoms with Gasteiger partial charge in [-0.3, -0.25) is 23.9 Å². The molecule has 0 saturated carbocycles. The van der Waals surface area contributed by atoms with E-state index in [1.807, 2.05) is 42.2 Å². The number of esters is 1. The number of hydrogen-bond donors (Lipinski definition) is 0. The van der Waals surface area contributed by atoms with E-state index in [0.29, 0.717) is 71.8 Å². The van der Waals surface area contributed by atoms with Crippen molar-refractivity contribution >= 4 is 52.1 Å². The minimum absolute atomic E-state index is 0.0466. The number of hydrogen-bond acceptors (Lipinski definition) is 8. The maximum absolute atomic E-state index is 13.5. The number of rotatable bonds is 8. The molecule has 1 amide bonds. The van der Waals surface area contributed by atoms with Gasteiger partial charge in [0.25, 0.3) is 11.5 Å². The van der Waals surface area contributed by atoms with Crippen LogP contribution in [0.1, 0.15) is 48.9 Å². The lowest BCUT2D eigenvalue weighted by atomic mass is 9.96. The van der Waals surface area contributed by atoms with Gasteiger partial charge in [0.1, 0.15) is 21.8 Å². The molecule has 204 valence electrons. The number of anilines is 1. The third-order valence-electron chi connectivity index (χ3n) is 7.12. The first-order valence-corrected chi connectivity index (χ1v) is 14.4. The van der Waals surface area contributed by atoms with Crippen LogP contribution in [0.4, 0.5) is 5.82 Å². The maximum atomic E-state index is 13.5. The van der Waals surface area contributed by atoms with Crippen molar-refractivity contribution < 1.29 is 14.3 Å². The summed E-state index contributed by atoms with van der Waals surface area (Å²) >= 11 is 6.79. The summed E-state index contributed by atoms with van der Waals surface area (Å²) in [5.74, 6) is -0.150. The molecule has 2 aromatic rings. The van der Waals surface area contributed by atoms with Gasteiger partial charge in [0, 0.05) is 31.7 Å². The van der Waals surface area contributed by atoms with Gasteiger partial charge in [-0.2, -0.15) is 5.26 Å². The second-order valence-electron chi connectivity index (χ2n) is 9.50. The van der Waals surface area contributed by atoms with E-state index in [9.17, 15) is 19.6 Å². The smallest absolute Gasteiger partial charge is 0.310 e. The van der Waals surface area contributed by atoms with Crippen LogP contribution < -0.4 is 10.5 Å². The molecule has 39 heavy (non-hydrogen) atoms. The summed E-state index contributed by atoms with van der Waals surface area (Å²) in [5.41, 5.74) is 1.92. The van der Waals surface area contributed by atoms with E-state index in [1.165, 1.54) is 11.8 Å². The molecule has 1 atom stereocenters. The van der Waals surface area contributed by atoms with Crippen molar-refractivity contribution in [1.82, 2.24) is 9.47 Å². The van der Waals surface area contributed by atoms with Crippen molar-refractivity contribution in [1.29, 1.82) is 5.26 Å². The molecule has 2 fully saturated rings. The molecule has 0 radical (unpaired) electrons. The number of amides is 1. The zero-order valence-corrected chi connectivity index (χ0v) is 24.1. The Morgan fingerprint density at radius 1 is 1.26 bits per heavy atom. The predicted octanol–water partition coefficient (Wildman–Crippen LogP) is 4.27. The molecular weight excluding hydrogens is 532 g/mol. The zero-order valence-electron chi connectivity index (χ0n) is 22.4. The number of nitriles is 1. The van der Waals surface area contributed by atoms with Gasteiger partial charge in [0.15, 0.2) is 0 Å². The molecule has 0 aliphatic carbocycles. The Bertz CT molecular complexity index is 1410. The molecule has 2 aliphatic rings. The number of thiocarbonyl (C=S) groups is 1. The zero-order chi connectivity index (χ0) is 28.1. The van der Waals surface area contributed by atoms with Crippen LogP contribution in [0.15, 0.2) is 40.0 Å². The van der Waals surface area contributed by atoms with Crippen molar-refractivity contribution in [2.45, 2.75) is 46.6 Å². The van der Waals surface area contributed by atoms with Crippen molar-refractivity contribution in [2.75, 3.05) is 31.1 Å². The molecule has 1 unspecified atom stereocenters. The van der Waals surface area contributed by atoms with Crippen LogP contribution in [-0.4, -0.2) is 51.9 Å². The molecule has 8 nitrogen and oxygen atoms in total. The summed E-state index contributed by atoms with van der Waals surface area (Å²) in [5, 5.41) is 9.83. The van der Waals surface area contributed by atoms with E-state index < -0.39 is 0 Å². The van der Waals surface area contributed by atoms with E-state index in [1.54, 1.807) is 29.4 Å². The average molecular weight is 565 g/mol. The monoisotopic (exact) mass is 564 g/mol. The molecule has 1 aromatic heterocycles. The number of carbonyl (C=O) groups excluding carboxylic acids is 2. The van der Waals surface area contributed by atoms with Crippen LogP contribution in [0.2, 0.25) is 0 Å². The highest BCUT2D eigenvalue weighted by atomic mass is 32.2. The standard InChI is InChI=1S/C29H32N4O4S2/c1-4-32-25(31-14-9-12-21(18-31)28(36)37-5-2)22(19(3)23(17-30)26(32)34)16-24-27(35)33(29(38)39-24)15-13-20-10-7-6-8-11-20/h6-8,10-11,16,21H,4-5,9,12-15,18H2,1-3H3. The summed E-state index contributed by atoms with van der Waals surface area (Å²) in [6, 6.07) is 12.0. The molecule has 4 rings (SSSR count). The Hall–Kier alpha value is -3.42. The molecule has 3 heterocycles. The fourth-order valence-corrected chi connectivity index (χ4v) is 6.40. The van der Waals surface area contributed by atoms with Crippen molar-refractivity contribution in [2.24, 2.45) is 5.92 Å². The second-order valence-corrected chi connectivity index (χ2v) is 11.2. The lowest BCUT2D eigenvalue weighted by molar-refractivity contribution is -0.148. The molecule has 0 spiro atoms. The highest BCUT2D eigenvalue weighted by Gasteiger charge is 2.34. The third-order valence-corrected chi connectivity index (χ3v) is 8.50. The van der Waals surface area contributed by atoms with Gasteiger partial charge >= 0.3 is 5.97 Å². The molecule has 2 saturated heterocycles. The topological polar surface area (TPSA) is 95.6 Å². The van der Waals surface area contributed by atoms with Crippen molar-refractivity contribution in [3.05, 3.63) is 67.8 Å². The molecular formula is C29H32N4O4S2. The highest BCUT2D eigenvalue weighted by Crippen LogP contribution is 2.37. The van der Waals surface area contributed by atoms with Gasteiger partial charge in [-0.25, -0.2) is 0 Å². The Balaban J connectivity index is 1.74. The van der Waals surface area contributed by atoms with E-state index in [0.717, 1.165) is 12.0 Å². The van der Waals surface area contributed by atoms with Crippen LogP contribution in [0.5, 0.6) is 0 Å². The Morgan fingerprint density at radius 2 is 2.00 bits per heavy atom. The lowest BCUT2D eigenvalue weighted by Crippen LogP contribution is -2.43. The highest BCUT2D eigenvalue weighted by molar-refractivity contribution is 8.26.